The van der Waals surface area contributed by atoms with E-state index < -0.39 is 11.5 Å². The number of amides is 2. The van der Waals surface area contributed by atoms with Gasteiger partial charge < -0.3 is 20.7 Å². The van der Waals surface area contributed by atoms with Crippen LogP contribution in [0.25, 0.3) is 0 Å². The van der Waals surface area contributed by atoms with Crippen LogP contribution in [0.3, 0.4) is 0 Å². The summed E-state index contributed by atoms with van der Waals surface area (Å²) in [7, 11) is 0. The van der Waals surface area contributed by atoms with Gasteiger partial charge in [-0.05, 0) is 33.6 Å². The molecular weight excluding hydrogens is 334 g/mol. The number of anilines is 1. The molecule has 0 unspecified atom stereocenters. The van der Waals surface area contributed by atoms with Gasteiger partial charge in [-0.15, -0.1) is 0 Å². The average Bonchev–Trinajstić information content (AvgIpc) is 2.48. The molecule has 1 aromatic heterocycles. The van der Waals surface area contributed by atoms with E-state index in [1.807, 2.05) is 20.8 Å². The highest BCUT2D eigenvalue weighted by atomic mass is 35.5. The van der Waals surface area contributed by atoms with E-state index in [0.29, 0.717) is 13.1 Å². The average molecular weight is 356 g/mol. The second-order valence-electron chi connectivity index (χ2n) is 6.66. The van der Waals surface area contributed by atoms with Crippen molar-refractivity contribution < 1.29 is 14.3 Å². The zero-order chi connectivity index (χ0) is 17.9. The quantitative estimate of drug-likeness (QED) is 0.837. The molecule has 0 saturated carbocycles. The van der Waals surface area contributed by atoms with Crippen LogP contribution in [0.1, 0.15) is 44.1 Å². The summed E-state index contributed by atoms with van der Waals surface area (Å²) in [6.07, 6.45) is 2.32. The van der Waals surface area contributed by atoms with Crippen LogP contribution in [0.2, 0.25) is 5.02 Å². The van der Waals surface area contributed by atoms with Gasteiger partial charge in [-0.2, -0.15) is 0 Å². The van der Waals surface area contributed by atoms with Crippen molar-refractivity contribution in [3.63, 3.8) is 0 Å². The molecular formula is C15H22ClN5O3. The lowest BCUT2D eigenvalue weighted by Gasteiger charge is -2.34. The van der Waals surface area contributed by atoms with Gasteiger partial charge >= 0.3 is 6.09 Å². The van der Waals surface area contributed by atoms with Gasteiger partial charge in [0.25, 0.3) is 5.91 Å². The third-order valence-corrected chi connectivity index (χ3v) is 3.81. The predicted molar refractivity (Wildman–Crippen MR) is 89.7 cm³/mol. The summed E-state index contributed by atoms with van der Waals surface area (Å²) in [5.41, 5.74) is 5.05. The van der Waals surface area contributed by atoms with Crippen molar-refractivity contribution in [2.24, 2.45) is 0 Å². The molecule has 0 bridgehead atoms. The van der Waals surface area contributed by atoms with E-state index in [0.717, 1.165) is 12.8 Å². The lowest BCUT2D eigenvalue weighted by Crippen LogP contribution is -2.50. The number of nitrogens with two attached hydrogens (primary N) is 1. The molecule has 1 aliphatic rings. The Labute approximate surface area is 145 Å². The number of nitrogen functional groups attached to an aromatic ring is 1. The first-order valence-electron chi connectivity index (χ1n) is 7.72. The van der Waals surface area contributed by atoms with Crippen LogP contribution < -0.4 is 11.1 Å². The number of carbonyl (C=O) groups excluding carboxylic acids is 2. The Morgan fingerprint density at radius 3 is 2.79 bits per heavy atom. The number of halogens is 1. The van der Waals surface area contributed by atoms with Gasteiger partial charge in [0.1, 0.15) is 22.8 Å². The largest absolute Gasteiger partial charge is 0.444 e. The Hall–Kier alpha value is -2.09. The molecule has 2 heterocycles. The molecule has 2 rings (SSSR count). The first-order valence-corrected chi connectivity index (χ1v) is 8.10. The van der Waals surface area contributed by atoms with Crippen LogP contribution in [-0.4, -0.2) is 51.6 Å². The lowest BCUT2D eigenvalue weighted by molar-refractivity contribution is 0.0185. The highest BCUT2D eigenvalue weighted by molar-refractivity contribution is 6.35. The standard InChI is InChI=1S/C15H22ClN5O3/c1-15(2,3)24-14(23)21-6-4-5-9(7-21)20-13(22)11-10(16)12(17)19-8-18-11/h8-9H,4-7H2,1-3H3,(H,20,22)(H2,17,18,19)/t9-/m0/s1. The molecule has 1 saturated heterocycles. The number of rotatable bonds is 2. The third kappa shape index (κ3) is 4.70. The molecule has 1 fully saturated rings. The number of likely N-dealkylation sites (tertiary alicyclic amines) is 1. The summed E-state index contributed by atoms with van der Waals surface area (Å²) < 4.78 is 5.37. The number of nitrogens with zero attached hydrogens (tertiary/aromatic N) is 3. The van der Waals surface area contributed by atoms with Gasteiger partial charge in [-0.3, -0.25) is 4.79 Å². The first kappa shape index (κ1) is 18.3. The maximum absolute atomic E-state index is 12.3. The second-order valence-corrected chi connectivity index (χ2v) is 7.04. The van der Waals surface area contributed by atoms with Crippen molar-refractivity contribution in [1.29, 1.82) is 0 Å². The van der Waals surface area contributed by atoms with Crippen molar-refractivity contribution in [2.75, 3.05) is 18.8 Å². The van der Waals surface area contributed by atoms with E-state index in [2.05, 4.69) is 15.3 Å². The molecule has 0 spiro atoms. The third-order valence-electron chi connectivity index (χ3n) is 3.44. The minimum atomic E-state index is -0.556. The summed E-state index contributed by atoms with van der Waals surface area (Å²) in [6.45, 7) is 6.42. The van der Waals surface area contributed by atoms with E-state index in [1.54, 1.807) is 4.90 Å². The van der Waals surface area contributed by atoms with Crippen LogP contribution in [-0.2, 0) is 4.74 Å². The summed E-state index contributed by atoms with van der Waals surface area (Å²) in [5.74, 6) is -0.388. The van der Waals surface area contributed by atoms with E-state index in [-0.39, 0.29) is 28.7 Å². The van der Waals surface area contributed by atoms with Crippen LogP contribution in [0.15, 0.2) is 6.33 Å². The minimum Gasteiger partial charge on any atom is -0.444 e. The van der Waals surface area contributed by atoms with E-state index in [1.165, 1.54) is 6.33 Å². The number of ether oxygens (including phenoxy) is 1. The first-order chi connectivity index (χ1) is 11.2. The zero-order valence-electron chi connectivity index (χ0n) is 14.0. The molecule has 1 aliphatic heterocycles. The maximum atomic E-state index is 12.3. The normalized spacial score (nSPS) is 18.2. The summed E-state index contributed by atoms with van der Waals surface area (Å²) in [5, 5.41) is 2.86. The fraction of sp³-hybridized carbons (Fsp3) is 0.600. The smallest absolute Gasteiger partial charge is 0.410 e. The second kappa shape index (κ2) is 7.21. The van der Waals surface area contributed by atoms with Crippen molar-refractivity contribution in [3.05, 3.63) is 17.0 Å². The SMILES string of the molecule is CC(C)(C)OC(=O)N1CCC[C@H](NC(=O)c2ncnc(N)c2Cl)C1. The molecule has 132 valence electrons. The van der Waals surface area contributed by atoms with Crippen molar-refractivity contribution in [2.45, 2.75) is 45.3 Å². The van der Waals surface area contributed by atoms with E-state index in [9.17, 15) is 9.59 Å². The Morgan fingerprint density at radius 1 is 1.42 bits per heavy atom. The lowest BCUT2D eigenvalue weighted by atomic mass is 10.1. The monoisotopic (exact) mass is 355 g/mol. The predicted octanol–water partition coefficient (Wildman–Crippen LogP) is 1.84. The summed E-state index contributed by atoms with van der Waals surface area (Å²) in [6, 6.07) is -0.203. The zero-order valence-corrected chi connectivity index (χ0v) is 14.8. The van der Waals surface area contributed by atoms with Crippen molar-refractivity contribution in [3.8, 4) is 0 Å². The number of nitrogens with one attached hydrogen (secondary N) is 1. The molecule has 0 radical (unpaired) electrons. The molecule has 8 nitrogen and oxygen atoms in total. The van der Waals surface area contributed by atoms with Crippen LogP contribution in [0.4, 0.5) is 10.6 Å². The fourth-order valence-corrected chi connectivity index (χ4v) is 2.57. The molecule has 9 heteroatoms. The molecule has 3 N–H and O–H groups in total. The number of carbonyl (C=O) groups is 2. The Kier molecular flexibility index (Phi) is 5.48. The van der Waals surface area contributed by atoms with Gasteiger partial charge in [0, 0.05) is 19.1 Å². The topological polar surface area (TPSA) is 110 Å². The molecule has 24 heavy (non-hydrogen) atoms. The highest BCUT2D eigenvalue weighted by Crippen LogP contribution is 2.20. The number of hydrogen-bond donors (Lipinski definition) is 2. The number of aromatic nitrogens is 2. The molecule has 2 amide bonds. The van der Waals surface area contributed by atoms with Gasteiger partial charge in [0.05, 0.1) is 0 Å². The molecule has 0 aromatic carbocycles. The maximum Gasteiger partial charge on any atom is 0.410 e. The molecule has 1 aromatic rings. The van der Waals surface area contributed by atoms with Crippen molar-refractivity contribution >= 4 is 29.4 Å². The minimum absolute atomic E-state index is 0.0230. The van der Waals surface area contributed by atoms with Gasteiger partial charge in [0.2, 0.25) is 0 Å². The Morgan fingerprint density at radius 2 is 2.12 bits per heavy atom. The van der Waals surface area contributed by atoms with E-state index >= 15 is 0 Å². The van der Waals surface area contributed by atoms with Crippen LogP contribution in [0.5, 0.6) is 0 Å². The van der Waals surface area contributed by atoms with Crippen LogP contribution in [0, 0.1) is 0 Å². The summed E-state index contributed by atoms with van der Waals surface area (Å²) >= 11 is 5.96. The summed E-state index contributed by atoms with van der Waals surface area (Å²) in [4.78, 5) is 33.6. The number of hydrogen-bond acceptors (Lipinski definition) is 6. The Bertz CT molecular complexity index is 632. The van der Waals surface area contributed by atoms with Crippen LogP contribution >= 0.6 is 11.6 Å². The fourth-order valence-electron chi connectivity index (χ4n) is 2.38. The molecule has 0 aliphatic carbocycles. The van der Waals surface area contributed by atoms with Gasteiger partial charge in [-0.25, -0.2) is 14.8 Å². The van der Waals surface area contributed by atoms with E-state index in [4.69, 9.17) is 22.1 Å². The highest BCUT2D eigenvalue weighted by Gasteiger charge is 2.29. The number of piperidine rings is 1. The van der Waals surface area contributed by atoms with Gasteiger partial charge in [-0.1, -0.05) is 11.6 Å². The van der Waals surface area contributed by atoms with Crippen molar-refractivity contribution in [1.82, 2.24) is 20.2 Å². The Balaban J connectivity index is 1.99. The molecule has 1 atom stereocenters. The van der Waals surface area contributed by atoms with Gasteiger partial charge in [0.15, 0.2) is 5.69 Å².